The monoisotopic (exact) mass is 163 g/mol. The third-order valence-corrected chi connectivity index (χ3v) is 2.03. The van der Waals surface area contributed by atoms with Gasteiger partial charge in [0.2, 0.25) is 0 Å². The van der Waals surface area contributed by atoms with Gasteiger partial charge in [-0.1, -0.05) is 19.6 Å². The average molecular weight is 163 g/mol. The van der Waals surface area contributed by atoms with Gasteiger partial charge in [-0.15, -0.1) is 5.54 Å². The Balaban J connectivity index is 2.74. The zero-order chi connectivity index (χ0) is 8.32. The van der Waals surface area contributed by atoms with Crippen LogP contribution in [0.3, 0.4) is 0 Å². The van der Waals surface area contributed by atoms with E-state index in [0.29, 0.717) is 0 Å². The van der Waals surface area contributed by atoms with E-state index in [0.717, 1.165) is 0 Å². The Morgan fingerprint density at radius 3 is 2.09 bits per heavy atom. The third-order valence-electron chi connectivity index (χ3n) is 1.16. The molecule has 0 fully saturated rings. The van der Waals surface area contributed by atoms with Gasteiger partial charge >= 0.3 is 0 Å². The van der Waals surface area contributed by atoms with Crippen molar-refractivity contribution in [3.8, 4) is 11.6 Å². The molecular weight excluding hydrogens is 150 g/mol. The van der Waals surface area contributed by atoms with Crippen LogP contribution in [-0.4, -0.2) is 12.6 Å². The highest BCUT2D eigenvalue weighted by Gasteiger charge is 2.07. The van der Waals surface area contributed by atoms with Gasteiger partial charge in [-0.25, -0.2) is 0 Å². The molecule has 1 aromatic rings. The molecule has 1 nitrogen and oxygen atoms in total. The van der Waals surface area contributed by atoms with Crippen LogP contribution in [0.1, 0.15) is 0 Å². The summed E-state index contributed by atoms with van der Waals surface area (Å²) in [5, 5.41) is 0. The summed E-state index contributed by atoms with van der Waals surface area (Å²) >= 11 is 0. The van der Waals surface area contributed by atoms with E-state index in [1.54, 1.807) is 0 Å². The van der Waals surface area contributed by atoms with Crippen LogP contribution in [-0.2, 0) is 0 Å². The molecule has 1 aromatic heterocycles. The second-order valence-electron chi connectivity index (χ2n) is 3.58. The maximum absolute atomic E-state index is 3.28. The number of nitrogens with zero attached hydrogens (tertiary/aromatic N) is 1. The first-order valence-corrected chi connectivity index (χ1v) is 7.24. The largest absolute Gasteiger partial charge is 0.285 e. The zero-order valence-corrected chi connectivity index (χ0v) is 8.26. The van der Waals surface area contributed by atoms with Gasteiger partial charge in [0.1, 0.15) is 8.07 Å². The summed E-state index contributed by atoms with van der Waals surface area (Å²) in [6.07, 6.45) is 3.93. The Kier molecular flexibility index (Phi) is 2.21. The first-order chi connectivity index (χ1) is 5.08. The van der Waals surface area contributed by atoms with Gasteiger partial charge in [0.25, 0.3) is 0 Å². The molecule has 0 saturated carbocycles. The molecule has 0 radical (unpaired) electrons. The van der Waals surface area contributed by atoms with Crippen LogP contribution in [0, 0.1) is 11.6 Å². The van der Waals surface area contributed by atoms with Gasteiger partial charge in [-0.05, 0) is 12.1 Å². The van der Waals surface area contributed by atoms with E-state index < -0.39 is 8.07 Å². The van der Waals surface area contributed by atoms with Crippen LogP contribution in [0.4, 0.5) is 0 Å². The van der Waals surface area contributed by atoms with Crippen molar-refractivity contribution in [2.24, 2.45) is 0 Å². The summed E-state index contributed by atoms with van der Waals surface area (Å²) < 4.78 is 1.90. The Morgan fingerprint density at radius 2 is 1.64 bits per heavy atom. The molecular formula is C9H13NSi. The third kappa shape index (κ3) is 3.10. The second kappa shape index (κ2) is 2.98. The highest BCUT2D eigenvalue weighted by Crippen LogP contribution is 1.96. The van der Waals surface area contributed by atoms with Gasteiger partial charge < -0.3 is 0 Å². The van der Waals surface area contributed by atoms with Crippen molar-refractivity contribution >= 4 is 8.07 Å². The predicted octanol–water partition coefficient (Wildman–Crippen LogP) is 2.17. The van der Waals surface area contributed by atoms with E-state index >= 15 is 0 Å². The Labute approximate surface area is 69.1 Å². The molecule has 0 N–H and O–H groups in total. The lowest BCUT2D eigenvalue weighted by Gasteiger charge is -2.02. The van der Waals surface area contributed by atoms with Crippen LogP contribution < -0.4 is 0 Å². The SMILES string of the molecule is C[Si](C)(C)C#Cn1cccc1. The molecule has 0 aromatic carbocycles. The minimum absolute atomic E-state index is 1.20. The van der Waals surface area contributed by atoms with Crippen LogP contribution in [0.15, 0.2) is 24.5 Å². The average Bonchev–Trinajstić information content (AvgIpc) is 2.32. The zero-order valence-electron chi connectivity index (χ0n) is 7.26. The van der Waals surface area contributed by atoms with Crippen molar-refractivity contribution in [1.29, 1.82) is 0 Å². The highest BCUT2D eigenvalue weighted by molar-refractivity contribution is 6.83. The molecule has 0 aliphatic rings. The van der Waals surface area contributed by atoms with Crippen molar-refractivity contribution in [3.63, 3.8) is 0 Å². The normalized spacial score (nSPS) is 10.5. The van der Waals surface area contributed by atoms with Gasteiger partial charge in [0.05, 0.1) is 0 Å². The highest BCUT2D eigenvalue weighted by atomic mass is 28.3. The van der Waals surface area contributed by atoms with Crippen molar-refractivity contribution < 1.29 is 0 Å². The quantitative estimate of drug-likeness (QED) is 0.408. The summed E-state index contributed by atoms with van der Waals surface area (Å²) in [4.78, 5) is 0. The maximum Gasteiger partial charge on any atom is 0.131 e. The lowest BCUT2D eigenvalue weighted by Crippen LogP contribution is -2.16. The summed E-state index contributed by atoms with van der Waals surface area (Å²) in [5.74, 6) is 0. The number of hydrogen-bond donors (Lipinski definition) is 0. The fourth-order valence-corrected chi connectivity index (χ4v) is 1.11. The minimum Gasteiger partial charge on any atom is -0.285 e. The summed E-state index contributed by atoms with van der Waals surface area (Å²) in [6.45, 7) is 6.72. The number of rotatable bonds is 0. The molecule has 58 valence electrons. The first kappa shape index (κ1) is 8.16. The Hall–Kier alpha value is -0.943. The van der Waals surface area contributed by atoms with Gasteiger partial charge in [0, 0.05) is 18.4 Å². The van der Waals surface area contributed by atoms with Gasteiger partial charge in [0.15, 0.2) is 0 Å². The molecule has 2 heteroatoms. The molecule has 0 saturated heterocycles. The Morgan fingerprint density at radius 1 is 1.09 bits per heavy atom. The first-order valence-electron chi connectivity index (χ1n) is 3.74. The van der Waals surface area contributed by atoms with Crippen molar-refractivity contribution in [1.82, 2.24) is 4.57 Å². The molecule has 0 amide bonds. The topological polar surface area (TPSA) is 4.93 Å². The molecule has 0 unspecified atom stereocenters. The molecule has 0 spiro atoms. The predicted molar refractivity (Wildman–Crippen MR) is 51.0 cm³/mol. The molecule has 0 aliphatic heterocycles. The van der Waals surface area contributed by atoms with E-state index in [4.69, 9.17) is 0 Å². The molecule has 1 heterocycles. The van der Waals surface area contributed by atoms with Crippen LogP contribution in [0.25, 0.3) is 0 Å². The summed E-state index contributed by atoms with van der Waals surface area (Å²) in [6, 6.07) is 7.06. The van der Waals surface area contributed by atoms with E-state index in [2.05, 4.69) is 31.2 Å². The molecule has 0 atom stereocenters. The van der Waals surface area contributed by atoms with E-state index in [-0.39, 0.29) is 0 Å². The summed E-state index contributed by atoms with van der Waals surface area (Å²) in [5.41, 5.74) is 3.28. The van der Waals surface area contributed by atoms with Crippen molar-refractivity contribution in [2.45, 2.75) is 19.6 Å². The van der Waals surface area contributed by atoms with E-state index in [1.165, 1.54) is 0 Å². The minimum atomic E-state index is -1.20. The Bertz CT molecular complexity index is 269. The van der Waals surface area contributed by atoms with Crippen LogP contribution in [0.5, 0.6) is 0 Å². The molecule has 1 rings (SSSR count). The standard InChI is InChI=1S/C9H13NSi/c1-11(2,3)9-8-10-6-4-5-7-10/h4-7H,1-3H3. The fourth-order valence-electron chi connectivity index (χ4n) is 0.641. The number of hydrogen-bond acceptors (Lipinski definition) is 0. The lowest BCUT2D eigenvalue weighted by molar-refractivity contribution is 1.15. The second-order valence-corrected chi connectivity index (χ2v) is 8.33. The molecule has 11 heavy (non-hydrogen) atoms. The van der Waals surface area contributed by atoms with Gasteiger partial charge in [-0.2, -0.15) is 0 Å². The number of aromatic nitrogens is 1. The molecule has 0 bridgehead atoms. The lowest BCUT2D eigenvalue weighted by atomic mass is 10.7. The summed E-state index contributed by atoms with van der Waals surface area (Å²) in [7, 11) is -1.20. The van der Waals surface area contributed by atoms with Crippen molar-refractivity contribution in [2.75, 3.05) is 0 Å². The van der Waals surface area contributed by atoms with Crippen LogP contribution >= 0.6 is 0 Å². The fraction of sp³-hybridized carbons (Fsp3) is 0.333. The maximum atomic E-state index is 3.28. The smallest absolute Gasteiger partial charge is 0.131 e. The van der Waals surface area contributed by atoms with Crippen molar-refractivity contribution in [3.05, 3.63) is 24.5 Å². The van der Waals surface area contributed by atoms with Crippen LogP contribution in [0.2, 0.25) is 19.6 Å². The molecule has 0 aliphatic carbocycles. The van der Waals surface area contributed by atoms with E-state index in [1.807, 2.05) is 29.1 Å². The van der Waals surface area contributed by atoms with Gasteiger partial charge in [-0.3, -0.25) is 4.57 Å². The van der Waals surface area contributed by atoms with E-state index in [9.17, 15) is 0 Å².